The van der Waals surface area contributed by atoms with Gasteiger partial charge in [0.1, 0.15) is 5.60 Å². The lowest BCUT2D eigenvalue weighted by Crippen LogP contribution is -2.55. The Kier molecular flexibility index (Phi) is 5.11. The lowest BCUT2D eigenvalue weighted by molar-refractivity contribution is -0.0764. The number of hydrogen-bond donors (Lipinski definition) is 1. The van der Waals surface area contributed by atoms with Crippen LogP contribution < -0.4 is 9.80 Å². The van der Waals surface area contributed by atoms with E-state index in [1.54, 1.807) is 0 Å². The number of aliphatic hydroxyl groups is 1. The van der Waals surface area contributed by atoms with Crippen molar-refractivity contribution in [1.29, 1.82) is 0 Å². The van der Waals surface area contributed by atoms with Crippen LogP contribution in [0, 0.1) is 11.8 Å². The summed E-state index contributed by atoms with van der Waals surface area (Å²) in [5.74, 6) is 0.808. The number of anilines is 2. The van der Waals surface area contributed by atoms with Crippen LogP contribution in [0.4, 0.5) is 11.4 Å². The second kappa shape index (κ2) is 7.41. The molecule has 5 rings (SSSR count). The molecule has 2 aromatic rings. The highest BCUT2D eigenvalue weighted by Gasteiger charge is 2.48. The van der Waals surface area contributed by atoms with E-state index < -0.39 is 5.60 Å². The molecule has 1 N–H and O–H groups in total. The molecule has 3 saturated heterocycles. The van der Waals surface area contributed by atoms with E-state index in [2.05, 4.69) is 91.4 Å². The zero-order valence-electron chi connectivity index (χ0n) is 17.6. The Morgan fingerprint density at radius 2 is 1.21 bits per heavy atom. The molecule has 0 spiro atoms. The molecule has 3 fully saturated rings. The van der Waals surface area contributed by atoms with Gasteiger partial charge in [-0.25, -0.2) is 0 Å². The smallest absolute Gasteiger partial charge is 0.119 e. The van der Waals surface area contributed by atoms with Crippen LogP contribution in [0.25, 0.3) is 0 Å². The van der Waals surface area contributed by atoms with Gasteiger partial charge in [0, 0.05) is 52.0 Å². The Bertz CT molecular complexity index is 738. The van der Waals surface area contributed by atoms with Crippen LogP contribution >= 0.6 is 0 Å². The van der Waals surface area contributed by atoms with Crippen LogP contribution in [0.15, 0.2) is 48.5 Å². The third kappa shape index (κ3) is 3.29. The molecule has 4 heteroatoms. The van der Waals surface area contributed by atoms with Gasteiger partial charge in [0.25, 0.3) is 0 Å². The normalized spacial score (nSPS) is 24.2. The van der Waals surface area contributed by atoms with Crippen LogP contribution in [0.1, 0.15) is 24.0 Å². The Balaban J connectivity index is 1.78. The first-order valence-corrected chi connectivity index (χ1v) is 10.4. The van der Waals surface area contributed by atoms with Gasteiger partial charge in [0.05, 0.1) is 0 Å². The Hall–Kier alpha value is -2.04. The fourth-order valence-corrected chi connectivity index (χ4v) is 5.06. The van der Waals surface area contributed by atoms with E-state index in [0.717, 1.165) is 29.0 Å². The van der Waals surface area contributed by atoms with Gasteiger partial charge >= 0.3 is 0 Å². The van der Waals surface area contributed by atoms with E-state index in [4.69, 9.17) is 0 Å². The average Bonchev–Trinajstić information content (AvgIpc) is 2.74. The van der Waals surface area contributed by atoms with E-state index in [0.29, 0.717) is 5.92 Å². The summed E-state index contributed by atoms with van der Waals surface area (Å²) in [6.45, 7) is 3.33. The molecule has 0 unspecified atom stereocenters. The predicted octanol–water partition coefficient (Wildman–Crippen LogP) is 3.40. The standard InChI is InChI=1S/C24H33N3O/c1-25(2)21-9-5-19(6-10-21)24(28,20-7-11-22(12-8-20)26(3)4)23-17-27-15-13-18(23)14-16-27/h5-12,18,23,28H,13-17H2,1-4H3/t23-/m0/s1. The summed E-state index contributed by atoms with van der Waals surface area (Å²) in [5.41, 5.74) is 3.37. The highest BCUT2D eigenvalue weighted by Crippen LogP contribution is 2.47. The van der Waals surface area contributed by atoms with Crippen molar-refractivity contribution in [2.75, 3.05) is 57.6 Å². The second-order valence-corrected chi connectivity index (χ2v) is 8.89. The van der Waals surface area contributed by atoms with E-state index in [-0.39, 0.29) is 5.92 Å². The molecule has 4 nitrogen and oxygen atoms in total. The van der Waals surface area contributed by atoms with Gasteiger partial charge < -0.3 is 19.8 Å². The first-order valence-electron chi connectivity index (χ1n) is 10.4. The molecule has 150 valence electrons. The molecule has 0 aliphatic carbocycles. The van der Waals surface area contributed by atoms with Gasteiger partial charge in [-0.05, 0) is 67.2 Å². The molecule has 0 saturated carbocycles. The summed E-state index contributed by atoms with van der Waals surface area (Å²) < 4.78 is 0. The van der Waals surface area contributed by atoms with Gasteiger partial charge in [-0.2, -0.15) is 0 Å². The van der Waals surface area contributed by atoms with Crippen LogP contribution in [-0.4, -0.2) is 57.8 Å². The van der Waals surface area contributed by atoms with Gasteiger partial charge in [0.2, 0.25) is 0 Å². The zero-order chi connectivity index (χ0) is 19.9. The lowest BCUT2D eigenvalue weighted by Gasteiger charge is -2.51. The third-order valence-electron chi connectivity index (χ3n) is 6.84. The Labute approximate surface area is 169 Å². The number of benzene rings is 2. The summed E-state index contributed by atoms with van der Waals surface area (Å²) in [4.78, 5) is 6.73. The van der Waals surface area contributed by atoms with Gasteiger partial charge in [-0.3, -0.25) is 0 Å². The molecular formula is C24H33N3O. The quantitative estimate of drug-likeness (QED) is 0.862. The predicted molar refractivity (Wildman–Crippen MR) is 117 cm³/mol. The van der Waals surface area contributed by atoms with Gasteiger partial charge in [0.15, 0.2) is 0 Å². The fraction of sp³-hybridized carbons (Fsp3) is 0.500. The van der Waals surface area contributed by atoms with E-state index in [9.17, 15) is 5.11 Å². The monoisotopic (exact) mass is 379 g/mol. The van der Waals surface area contributed by atoms with Crippen molar-refractivity contribution in [1.82, 2.24) is 4.90 Å². The number of hydrogen-bond acceptors (Lipinski definition) is 4. The molecule has 2 aromatic carbocycles. The van der Waals surface area contributed by atoms with Gasteiger partial charge in [-0.1, -0.05) is 24.3 Å². The summed E-state index contributed by atoms with van der Waals surface area (Å²) in [7, 11) is 8.20. The van der Waals surface area contributed by atoms with Crippen molar-refractivity contribution >= 4 is 11.4 Å². The first-order chi connectivity index (χ1) is 13.4. The van der Waals surface area contributed by atoms with E-state index in [1.807, 2.05) is 0 Å². The summed E-state index contributed by atoms with van der Waals surface area (Å²) in [6, 6.07) is 17.0. The van der Waals surface area contributed by atoms with Crippen molar-refractivity contribution in [2.45, 2.75) is 18.4 Å². The molecular weight excluding hydrogens is 346 g/mol. The fourth-order valence-electron chi connectivity index (χ4n) is 5.06. The minimum absolute atomic E-state index is 0.227. The molecule has 0 aromatic heterocycles. The maximum absolute atomic E-state index is 12.3. The van der Waals surface area contributed by atoms with Crippen molar-refractivity contribution in [3.05, 3.63) is 59.7 Å². The minimum atomic E-state index is -0.959. The minimum Gasteiger partial charge on any atom is -0.380 e. The number of rotatable bonds is 5. The lowest BCUT2D eigenvalue weighted by atomic mass is 9.65. The Morgan fingerprint density at radius 3 is 1.54 bits per heavy atom. The van der Waals surface area contributed by atoms with Crippen molar-refractivity contribution in [3.63, 3.8) is 0 Å². The zero-order valence-corrected chi connectivity index (χ0v) is 17.6. The van der Waals surface area contributed by atoms with E-state index in [1.165, 1.54) is 25.9 Å². The highest BCUT2D eigenvalue weighted by molar-refractivity contribution is 5.52. The van der Waals surface area contributed by atoms with Gasteiger partial charge in [-0.15, -0.1) is 0 Å². The summed E-state index contributed by atoms with van der Waals surface area (Å²) in [5, 5.41) is 12.3. The van der Waals surface area contributed by atoms with Crippen LogP contribution in [0.3, 0.4) is 0 Å². The average molecular weight is 380 g/mol. The third-order valence-corrected chi connectivity index (χ3v) is 6.84. The Morgan fingerprint density at radius 1 is 0.786 bits per heavy atom. The summed E-state index contributed by atoms with van der Waals surface area (Å²) in [6.07, 6.45) is 2.39. The maximum Gasteiger partial charge on any atom is 0.119 e. The van der Waals surface area contributed by atoms with Crippen LogP contribution in [0.2, 0.25) is 0 Å². The maximum atomic E-state index is 12.3. The number of piperidine rings is 3. The molecule has 3 heterocycles. The summed E-state index contributed by atoms with van der Waals surface area (Å²) >= 11 is 0. The van der Waals surface area contributed by atoms with Crippen LogP contribution in [0.5, 0.6) is 0 Å². The molecule has 1 atom stereocenters. The van der Waals surface area contributed by atoms with Crippen LogP contribution in [-0.2, 0) is 5.60 Å². The van der Waals surface area contributed by atoms with Crippen molar-refractivity contribution < 1.29 is 5.11 Å². The van der Waals surface area contributed by atoms with Crippen molar-refractivity contribution in [3.8, 4) is 0 Å². The molecule has 2 bridgehead atoms. The number of fused-ring (bicyclic) bond motifs is 3. The topological polar surface area (TPSA) is 30.0 Å². The molecule has 0 amide bonds. The number of nitrogens with zero attached hydrogens (tertiary/aromatic N) is 3. The SMILES string of the molecule is CN(C)c1ccc(C(O)(c2ccc(N(C)C)cc2)[C@H]2CN3CCC2CC3)cc1. The largest absolute Gasteiger partial charge is 0.380 e. The molecule has 3 aliphatic heterocycles. The highest BCUT2D eigenvalue weighted by atomic mass is 16.3. The second-order valence-electron chi connectivity index (χ2n) is 8.89. The molecule has 28 heavy (non-hydrogen) atoms. The molecule has 0 radical (unpaired) electrons. The van der Waals surface area contributed by atoms with Crippen molar-refractivity contribution in [2.24, 2.45) is 11.8 Å². The molecule has 3 aliphatic rings. The van der Waals surface area contributed by atoms with E-state index >= 15 is 0 Å². The first kappa shape index (κ1) is 19.3.